The molecule has 0 atom stereocenters. The Labute approximate surface area is 118 Å². The lowest BCUT2D eigenvalue weighted by Crippen LogP contribution is -2.11. The number of hydrogen-bond acceptors (Lipinski definition) is 6. The van der Waals surface area contributed by atoms with E-state index in [1.165, 1.54) is 0 Å². The Morgan fingerprint density at radius 3 is 2.60 bits per heavy atom. The summed E-state index contributed by atoms with van der Waals surface area (Å²) in [4.78, 5) is 8.36. The molecule has 0 saturated carbocycles. The molecule has 0 unspecified atom stereocenters. The Kier molecular flexibility index (Phi) is 4.73. The summed E-state index contributed by atoms with van der Waals surface area (Å²) in [5.41, 5.74) is 4.20. The molecule has 0 amide bonds. The molecule has 6 nitrogen and oxygen atoms in total. The van der Waals surface area contributed by atoms with E-state index >= 15 is 0 Å². The van der Waals surface area contributed by atoms with Crippen LogP contribution < -0.4 is 21.3 Å². The molecule has 0 spiro atoms. The van der Waals surface area contributed by atoms with Gasteiger partial charge in [0.1, 0.15) is 11.6 Å². The van der Waals surface area contributed by atoms with E-state index in [0.717, 1.165) is 30.2 Å². The van der Waals surface area contributed by atoms with Gasteiger partial charge in [-0.15, -0.1) is 0 Å². The van der Waals surface area contributed by atoms with Crippen molar-refractivity contribution in [3.63, 3.8) is 0 Å². The predicted molar refractivity (Wildman–Crippen MR) is 80.1 cm³/mol. The highest BCUT2D eigenvalue weighted by Gasteiger charge is 2.02. The van der Waals surface area contributed by atoms with Crippen molar-refractivity contribution in [2.45, 2.75) is 20.3 Å². The number of aryl methyl sites for hydroxylation is 1. The fourth-order valence-corrected chi connectivity index (χ4v) is 1.70. The molecule has 0 aliphatic carbocycles. The van der Waals surface area contributed by atoms with E-state index in [-0.39, 0.29) is 0 Å². The third-order valence-electron chi connectivity index (χ3n) is 2.58. The van der Waals surface area contributed by atoms with Crippen LogP contribution in [-0.4, -0.2) is 16.6 Å². The van der Waals surface area contributed by atoms with Crippen LogP contribution in [0.3, 0.4) is 0 Å². The Balaban J connectivity index is 2.07. The van der Waals surface area contributed by atoms with E-state index in [0.29, 0.717) is 11.8 Å². The fourth-order valence-electron chi connectivity index (χ4n) is 1.70. The molecule has 6 heteroatoms. The van der Waals surface area contributed by atoms with Crippen LogP contribution in [0.4, 0.5) is 17.5 Å². The maximum absolute atomic E-state index is 5.54. The lowest BCUT2D eigenvalue weighted by molar-refractivity contribution is 0.317. The van der Waals surface area contributed by atoms with E-state index < -0.39 is 0 Å². The van der Waals surface area contributed by atoms with Gasteiger partial charge in [-0.25, -0.2) is 10.8 Å². The number of nitrogens with two attached hydrogens (primary N) is 1. The van der Waals surface area contributed by atoms with Gasteiger partial charge in [0.25, 0.3) is 0 Å². The zero-order chi connectivity index (χ0) is 14.4. The molecule has 0 radical (unpaired) electrons. The van der Waals surface area contributed by atoms with E-state index in [4.69, 9.17) is 10.6 Å². The molecule has 0 aliphatic heterocycles. The minimum absolute atomic E-state index is 0.385. The zero-order valence-electron chi connectivity index (χ0n) is 11.7. The van der Waals surface area contributed by atoms with Gasteiger partial charge < -0.3 is 10.1 Å². The summed E-state index contributed by atoms with van der Waals surface area (Å²) in [6.07, 6.45) is 0.995. The largest absolute Gasteiger partial charge is 0.494 e. The van der Waals surface area contributed by atoms with Crippen LogP contribution in [0, 0.1) is 6.92 Å². The smallest absolute Gasteiger partial charge is 0.239 e. The third kappa shape index (κ3) is 3.83. The average Bonchev–Trinajstić information content (AvgIpc) is 2.46. The first kappa shape index (κ1) is 14.1. The number of nitrogens with one attached hydrogen (secondary N) is 2. The van der Waals surface area contributed by atoms with Gasteiger partial charge in [0.05, 0.1) is 6.61 Å². The summed E-state index contributed by atoms with van der Waals surface area (Å²) in [5, 5.41) is 3.20. The second-order valence-electron chi connectivity index (χ2n) is 4.36. The summed E-state index contributed by atoms with van der Waals surface area (Å²) in [6.45, 7) is 4.69. The second kappa shape index (κ2) is 6.72. The Morgan fingerprint density at radius 2 is 1.95 bits per heavy atom. The van der Waals surface area contributed by atoms with Crippen molar-refractivity contribution in [3.05, 3.63) is 36.0 Å². The van der Waals surface area contributed by atoms with Crippen molar-refractivity contribution in [2.75, 3.05) is 17.3 Å². The SMILES string of the molecule is CCCOc1ccc(Nc2cc(C)nc(NN)n2)cc1. The molecule has 0 fully saturated rings. The predicted octanol–water partition coefficient (Wildman–Crippen LogP) is 2.60. The van der Waals surface area contributed by atoms with Crippen LogP contribution in [0.15, 0.2) is 30.3 Å². The maximum atomic E-state index is 5.54. The molecule has 4 N–H and O–H groups in total. The van der Waals surface area contributed by atoms with E-state index in [1.807, 2.05) is 37.3 Å². The van der Waals surface area contributed by atoms with Gasteiger partial charge in [-0.3, -0.25) is 5.43 Å². The standard InChI is InChI=1S/C14H19N5O/c1-3-8-20-12-6-4-11(5-7-12)17-13-9-10(2)16-14(18-13)19-15/h4-7,9H,3,8,15H2,1-2H3,(H2,16,17,18,19). The fraction of sp³-hybridized carbons (Fsp3) is 0.286. The number of anilines is 3. The van der Waals surface area contributed by atoms with Gasteiger partial charge in [-0.1, -0.05) is 6.92 Å². The van der Waals surface area contributed by atoms with Gasteiger partial charge in [0, 0.05) is 17.4 Å². The average molecular weight is 273 g/mol. The highest BCUT2D eigenvalue weighted by atomic mass is 16.5. The van der Waals surface area contributed by atoms with Crippen molar-refractivity contribution in [1.29, 1.82) is 0 Å². The van der Waals surface area contributed by atoms with E-state index in [9.17, 15) is 0 Å². The quantitative estimate of drug-likeness (QED) is 0.554. The molecule has 106 valence electrons. The molecule has 1 aromatic carbocycles. The number of hydrogen-bond donors (Lipinski definition) is 3. The van der Waals surface area contributed by atoms with E-state index in [1.54, 1.807) is 0 Å². The van der Waals surface area contributed by atoms with Gasteiger partial charge in [0.15, 0.2) is 0 Å². The lowest BCUT2D eigenvalue weighted by Gasteiger charge is -2.09. The first-order valence-corrected chi connectivity index (χ1v) is 6.53. The summed E-state index contributed by atoms with van der Waals surface area (Å²) in [7, 11) is 0. The monoisotopic (exact) mass is 273 g/mol. The second-order valence-corrected chi connectivity index (χ2v) is 4.36. The van der Waals surface area contributed by atoms with Crippen LogP contribution in [0.1, 0.15) is 19.0 Å². The van der Waals surface area contributed by atoms with Crippen LogP contribution in [-0.2, 0) is 0 Å². The highest BCUT2D eigenvalue weighted by molar-refractivity contribution is 5.58. The number of nitrogen functional groups attached to an aromatic ring is 1. The van der Waals surface area contributed by atoms with Crippen molar-refractivity contribution >= 4 is 17.5 Å². The minimum Gasteiger partial charge on any atom is -0.494 e. The molecular weight excluding hydrogens is 254 g/mol. The Morgan fingerprint density at radius 1 is 1.20 bits per heavy atom. The zero-order valence-corrected chi connectivity index (χ0v) is 11.7. The summed E-state index contributed by atoms with van der Waals surface area (Å²) >= 11 is 0. The van der Waals surface area contributed by atoms with Crippen molar-refractivity contribution in [1.82, 2.24) is 9.97 Å². The lowest BCUT2D eigenvalue weighted by atomic mass is 10.3. The number of nitrogens with zero attached hydrogens (tertiary/aromatic N) is 2. The Hall–Kier alpha value is -2.34. The first-order chi connectivity index (χ1) is 9.71. The molecule has 0 saturated heterocycles. The molecule has 2 aromatic rings. The van der Waals surface area contributed by atoms with Crippen molar-refractivity contribution in [3.8, 4) is 5.75 Å². The first-order valence-electron chi connectivity index (χ1n) is 6.53. The van der Waals surface area contributed by atoms with Crippen molar-refractivity contribution in [2.24, 2.45) is 5.84 Å². The number of rotatable bonds is 6. The normalized spacial score (nSPS) is 10.2. The van der Waals surface area contributed by atoms with Crippen molar-refractivity contribution < 1.29 is 4.74 Å². The molecule has 0 bridgehead atoms. The van der Waals surface area contributed by atoms with Crippen LogP contribution in [0.5, 0.6) is 5.75 Å². The number of ether oxygens (including phenoxy) is 1. The summed E-state index contributed by atoms with van der Waals surface area (Å²) in [5.74, 6) is 7.26. The molecule has 0 aliphatic rings. The number of benzene rings is 1. The van der Waals surface area contributed by atoms with Gasteiger partial charge in [0.2, 0.25) is 5.95 Å². The maximum Gasteiger partial charge on any atom is 0.239 e. The third-order valence-corrected chi connectivity index (χ3v) is 2.58. The molecule has 1 heterocycles. The van der Waals surface area contributed by atoms with Crippen LogP contribution in [0.2, 0.25) is 0 Å². The molecule has 20 heavy (non-hydrogen) atoms. The number of hydrazine groups is 1. The topological polar surface area (TPSA) is 85.1 Å². The minimum atomic E-state index is 0.385. The Bertz CT molecular complexity index is 556. The van der Waals surface area contributed by atoms with Crippen LogP contribution in [0.25, 0.3) is 0 Å². The van der Waals surface area contributed by atoms with Crippen LogP contribution >= 0.6 is 0 Å². The number of aromatic nitrogens is 2. The van der Waals surface area contributed by atoms with Gasteiger partial charge in [-0.2, -0.15) is 4.98 Å². The molecule has 2 rings (SSSR count). The highest BCUT2D eigenvalue weighted by Crippen LogP contribution is 2.20. The molecular formula is C14H19N5O. The van der Waals surface area contributed by atoms with E-state index in [2.05, 4.69) is 27.6 Å². The summed E-state index contributed by atoms with van der Waals surface area (Å²) in [6, 6.07) is 9.58. The summed E-state index contributed by atoms with van der Waals surface area (Å²) < 4.78 is 5.54. The van der Waals surface area contributed by atoms with Gasteiger partial charge in [-0.05, 0) is 37.6 Å². The van der Waals surface area contributed by atoms with Gasteiger partial charge >= 0.3 is 0 Å². The molecule has 1 aromatic heterocycles.